The van der Waals surface area contributed by atoms with Crippen LogP contribution >= 0.6 is 0 Å². The average Bonchev–Trinajstić information content (AvgIpc) is 2.46. The third-order valence-corrected chi connectivity index (χ3v) is 3.29. The van der Waals surface area contributed by atoms with Gasteiger partial charge in [0.25, 0.3) is 5.91 Å². The quantitative estimate of drug-likeness (QED) is 0.844. The Balaban J connectivity index is 1.80. The van der Waals surface area contributed by atoms with Crippen LogP contribution in [-0.4, -0.2) is 35.7 Å². The van der Waals surface area contributed by atoms with E-state index in [4.69, 9.17) is 0 Å². The summed E-state index contributed by atoms with van der Waals surface area (Å²) in [7, 11) is 0. The zero-order chi connectivity index (χ0) is 12.8. The molecule has 1 fully saturated rings. The third kappa shape index (κ3) is 3.55. The molecule has 1 atom stereocenters. The van der Waals surface area contributed by atoms with E-state index >= 15 is 0 Å². The molecule has 0 spiro atoms. The highest BCUT2D eigenvalue weighted by atomic mass is 16.3. The minimum absolute atomic E-state index is 0.327. The number of benzene rings is 1. The summed E-state index contributed by atoms with van der Waals surface area (Å²) in [6.07, 6.45) is 2.58. The third-order valence-electron chi connectivity index (χ3n) is 3.29. The Labute approximate surface area is 108 Å². The number of nitrogens with one attached hydrogen (secondary N) is 1. The van der Waals surface area contributed by atoms with Gasteiger partial charge in [0, 0.05) is 0 Å². The predicted molar refractivity (Wildman–Crippen MR) is 69.8 cm³/mol. The summed E-state index contributed by atoms with van der Waals surface area (Å²) in [4.78, 5) is 14.0. The molecular formula is C14H20N2O2. The Bertz CT molecular complexity index is 375. The van der Waals surface area contributed by atoms with Crippen molar-refractivity contribution in [1.82, 2.24) is 10.2 Å². The van der Waals surface area contributed by atoms with Gasteiger partial charge in [-0.25, -0.2) is 0 Å². The van der Waals surface area contributed by atoms with Crippen LogP contribution in [0.1, 0.15) is 30.9 Å². The van der Waals surface area contributed by atoms with Crippen molar-refractivity contribution >= 4 is 5.91 Å². The Hall–Kier alpha value is -1.39. The lowest BCUT2D eigenvalue weighted by molar-refractivity contribution is -0.130. The van der Waals surface area contributed by atoms with E-state index < -0.39 is 6.10 Å². The fourth-order valence-corrected chi connectivity index (χ4v) is 2.19. The van der Waals surface area contributed by atoms with Crippen molar-refractivity contribution in [3.8, 4) is 0 Å². The Morgan fingerprint density at radius 3 is 2.56 bits per heavy atom. The number of hydrogen-bond acceptors (Lipinski definition) is 3. The summed E-state index contributed by atoms with van der Waals surface area (Å²) >= 11 is 0. The molecule has 1 aromatic rings. The lowest BCUT2D eigenvalue weighted by Crippen LogP contribution is -2.42. The molecule has 4 heteroatoms. The summed E-state index contributed by atoms with van der Waals surface area (Å²) < 4.78 is 0. The highest BCUT2D eigenvalue weighted by Gasteiger charge is 2.18. The van der Waals surface area contributed by atoms with Crippen LogP contribution in [0.15, 0.2) is 30.3 Å². The first-order valence-corrected chi connectivity index (χ1v) is 6.50. The molecule has 1 saturated heterocycles. The van der Waals surface area contributed by atoms with Gasteiger partial charge in [-0.15, -0.1) is 0 Å². The number of nitrogens with zero attached hydrogens (tertiary/aromatic N) is 1. The van der Waals surface area contributed by atoms with Crippen LogP contribution in [0.3, 0.4) is 0 Å². The highest BCUT2D eigenvalue weighted by molar-refractivity contribution is 5.81. The number of likely N-dealkylation sites (tertiary alicyclic amines) is 1. The van der Waals surface area contributed by atoms with Gasteiger partial charge in [-0.2, -0.15) is 0 Å². The molecule has 4 nitrogen and oxygen atoms in total. The summed E-state index contributed by atoms with van der Waals surface area (Å²) in [5.41, 5.74) is 0.633. The van der Waals surface area contributed by atoms with E-state index in [0.29, 0.717) is 12.2 Å². The molecule has 1 aromatic carbocycles. The van der Waals surface area contributed by atoms with Crippen molar-refractivity contribution in [3.63, 3.8) is 0 Å². The fraction of sp³-hybridized carbons (Fsp3) is 0.500. The van der Waals surface area contributed by atoms with E-state index in [1.807, 2.05) is 18.2 Å². The van der Waals surface area contributed by atoms with Crippen LogP contribution in [-0.2, 0) is 4.79 Å². The maximum Gasteiger partial charge on any atom is 0.254 e. The van der Waals surface area contributed by atoms with Crippen molar-refractivity contribution in [2.75, 3.05) is 19.8 Å². The highest BCUT2D eigenvalue weighted by Crippen LogP contribution is 2.12. The standard InChI is InChI=1S/C14H20N2O2/c17-13(12-7-3-1-4-8-12)14(18)15-11-16-9-5-2-6-10-16/h1,3-4,7-8,13,17H,2,5-6,9-11H2,(H,15,18)/t13-/m0/s1. The number of carbonyl (C=O) groups is 1. The molecule has 0 aliphatic carbocycles. The number of aliphatic hydroxyl groups excluding tert-OH is 1. The summed E-state index contributed by atoms with van der Waals surface area (Å²) in [5, 5.41) is 12.7. The van der Waals surface area contributed by atoms with Gasteiger partial charge in [-0.05, 0) is 31.5 Å². The van der Waals surface area contributed by atoms with Crippen molar-refractivity contribution in [2.45, 2.75) is 25.4 Å². The lowest BCUT2D eigenvalue weighted by atomic mass is 10.1. The monoisotopic (exact) mass is 248 g/mol. The minimum Gasteiger partial charge on any atom is -0.378 e. The van der Waals surface area contributed by atoms with E-state index in [-0.39, 0.29) is 5.91 Å². The van der Waals surface area contributed by atoms with Gasteiger partial charge in [-0.3, -0.25) is 9.69 Å². The van der Waals surface area contributed by atoms with Crippen LogP contribution in [0.5, 0.6) is 0 Å². The van der Waals surface area contributed by atoms with E-state index in [1.165, 1.54) is 19.3 Å². The lowest BCUT2D eigenvalue weighted by Gasteiger charge is -2.26. The summed E-state index contributed by atoms with van der Waals surface area (Å²) in [6.45, 7) is 2.59. The SMILES string of the molecule is O=C(NCN1CCCCC1)[C@@H](O)c1ccccc1. The second-order valence-corrected chi connectivity index (χ2v) is 4.69. The molecule has 0 bridgehead atoms. The Morgan fingerprint density at radius 1 is 1.22 bits per heavy atom. The molecule has 0 aromatic heterocycles. The zero-order valence-corrected chi connectivity index (χ0v) is 10.5. The number of aliphatic hydroxyl groups is 1. The first kappa shape index (κ1) is 13.1. The molecule has 18 heavy (non-hydrogen) atoms. The summed E-state index contributed by atoms with van der Waals surface area (Å²) in [5.74, 6) is -0.327. The second kappa shape index (κ2) is 6.52. The van der Waals surface area contributed by atoms with Crippen LogP contribution in [0.2, 0.25) is 0 Å². The van der Waals surface area contributed by atoms with E-state index in [0.717, 1.165) is 13.1 Å². The number of carbonyl (C=O) groups excluding carboxylic acids is 1. The van der Waals surface area contributed by atoms with Crippen LogP contribution in [0.25, 0.3) is 0 Å². The first-order valence-electron chi connectivity index (χ1n) is 6.50. The normalized spacial score (nSPS) is 18.3. The molecule has 98 valence electrons. The number of hydrogen-bond donors (Lipinski definition) is 2. The van der Waals surface area contributed by atoms with E-state index in [9.17, 15) is 9.90 Å². The molecule has 2 rings (SSSR count). The molecule has 0 unspecified atom stereocenters. The van der Waals surface area contributed by atoms with Gasteiger partial charge in [0.05, 0.1) is 6.67 Å². The molecular weight excluding hydrogens is 228 g/mol. The van der Waals surface area contributed by atoms with Crippen LogP contribution in [0, 0.1) is 0 Å². The average molecular weight is 248 g/mol. The van der Waals surface area contributed by atoms with Gasteiger partial charge in [0.2, 0.25) is 0 Å². The molecule has 1 aliphatic rings. The maximum atomic E-state index is 11.8. The van der Waals surface area contributed by atoms with Crippen LogP contribution in [0.4, 0.5) is 0 Å². The fourth-order valence-electron chi connectivity index (χ4n) is 2.19. The van der Waals surface area contributed by atoms with Crippen LogP contribution < -0.4 is 5.32 Å². The second-order valence-electron chi connectivity index (χ2n) is 4.69. The molecule has 1 aliphatic heterocycles. The number of rotatable bonds is 4. The van der Waals surface area contributed by atoms with Crippen molar-refractivity contribution < 1.29 is 9.90 Å². The maximum absolute atomic E-state index is 11.8. The number of piperidine rings is 1. The Morgan fingerprint density at radius 2 is 1.89 bits per heavy atom. The van der Waals surface area contributed by atoms with Gasteiger partial charge in [0.1, 0.15) is 0 Å². The predicted octanol–water partition coefficient (Wildman–Crippen LogP) is 1.28. The largest absolute Gasteiger partial charge is 0.378 e. The van der Waals surface area contributed by atoms with E-state index in [2.05, 4.69) is 10.2 Å². The van der Waals surface area contributed by atoms with Crippen molar-refractivity contribution in [3.05, 3.63) is 35.9 Å². The molecule has 1 heterocycles. The smallest absolute Gasteiger partial charge is 0.254 e. The number of amides is 1. The molecule has 0 saturated carbocycles. The topological polar surface area (TPSA) is 52.6 Å². The minimum atomic E-state index is -1.07. The zero-order valence-electron chi connectivity index (χ0n) is 10.5. The van der Waals surface area contributed by atoms with Gasteiger partial charge >= 0.3 is 0 Å². The van der Waals surface area contributed by atoms with Gasteiger partial charge < -0.3 is 10.4 Å². The Kier molecular flexibility index (Phi) is 4.73. The van der Waals surface area contributed by atoms with Gasteiger partial charge in [-0.1, -0.05) is 36.8 Å². The van der Waals surface area contributed by atoms with Crippen molar-refractivity contribution in [1.29, 1.82) is 0 Å². The molecule has 0 radical (unpaired) electrons. The van der Waals surface area contributed by atoms with Crippen molar-refractivity contribution in [2.24, 2.45) is 0 Å². The van der Waals surface area contributed by atoms with E-state index in [1.54, 1.807) is 12.1 Å². The molecule has 1 amide bonds. The summed E-state index contributed by atoms with van der Waals surface area (Å²) in [6, 6.07) is 9.01. The first-order chi connectivity index (χ1) is 8.77. The molecule has 2 N–H and O–H groups in total. The van der Waals surface area contributed by atoms with Gasteiger partial charge in [0.15, 0.2) is 6.10 Å².